The van der Waals surface area contributed by atoms with Crippen LogP contribution in [0, 0.1) is 0 Å². The highest BCUT2D eigenvalue weighted by molar-refractivity contribution is 6.32. The van der Waals surface area contributed by atoms with E-state index in [9.17, 15) is 4.79 Å². The summed E-state index contributed by atoms with van der Waals surface area (Å²) in [7, 11) is 0. The first-order chi connectivity index (χ1) is 8.63. The van der Waals surface area contributed by atoms with Gasteiger partial charge in [0.1, 0.15) is 0 Å². The van der Waals surface area contributed by atoms with Gasteiger partial charge in [0.15, 0.2) is 0 Å². The molecule has 0 atom stereocenters. The van der Waals surface area contributed by atoms with Crippen molar-refractivity contribution in [3.8, 4) is 5.69 Å². The zero-order valence-corrected chi connectivity index (χ0v) is 10.5. The molecule has 0 radical (unpaired) electrons. The van der Waals surface area contributed by atoms with Crippen LogP contribution in [0.25, 0.3) is 5.69 Å². The van der Waals surface area contributed by atoms with Gasteiger partial charge in [-0.15, -0.1) is 6.58 Å². The minimum absolute atomic E-state index is 0.0935. The Labute approximate surface area is 110 Å². The molecule has 4 heteroatoms. The molecule has 1 aromatic carbocycles. The van der Waals surface area contributed by atoms with E-state index in [-0.39, 0.29) is 5.56 Å². The van der Waals surface area contributed by atoms with E-state index < -0.39 is 0 Å². The van der Waals surface area contributed by atoms with Crippen molar-refractivity contribution in [2.45, 2.75) is 6.42 Å². The molecular formula is C14H13ClN2O. The average Bonchev–Trinajstić information content (AvgIpc) is 2.33. The van der Waals surface area contributed by atoms with Crippen molar-refractivity contribution in [1.29, 1.82) is 0 Å². The molecule has 1 aromatic heterocycles. The summed E-state index contributed by atoms with van der Waals surface area (Å²) in [6.07, 6.45) is 3.92. The second kappa shape index (κ2) is 5.10. The molecule has 1 heterocycles. The van der Waals surface area contributed by atoms with E-state index >= 15 is 0 Å². The smallest absolute Gasteiger partial charge is 0.258 e. The first-order valence-corrected chi connectivity index (χ1v) is 5.88. The van der Waals surface area contributed by atoms with E-state index in [1.54, 1.807) is 36.5 Å². The Morgan fingerprint density at radius 3 is 2.83 bits per heavy atom. The van der Waals surface area contributed by atoms with Crippen molar-refractivity contribution in [1.82, 2.24) is 4.57 Å². The summed E-state index contributed by atoms with van der Waals surface area (Å²) in [5.74, 6) is 0. The molecule has 0 aliphatic rings. The number of aromatic nitrogens is 1. The Morgan fingerprint density at radius 1 is 1.39 bits per heavy atom. The molecule has 0 unspecified atom stereocenters. The van der Waals surface area contributed by atoms with Crippen molar-refractivity contribution >= 4 is 17.3 Å². The number of allylic oxidation sites excluding steroid dienone is 1. The molecule has 2 N–H and O–H groups in total. The van der Waals surface area contributed by atoms with Gasteiger partial charge in [-0.25, -0.2) is 0 Å². The van der Waals surface area contributed by atoms with Gasteiger partial charge in [-0.1, -0.05) is 23.7 Å². The highest BCUT2D eigenvalue weighted by Gasteiger charge is 2.07. The largest absolute Gasteiger partial charge is 0.399 e. The Morgan fingerprint density at radius 2 is 2.17 bits per heavy atom. The van der Waals surface area contributed by atoms with Crippen LogP contribution in [0.5, 0.6) is 0 Å². The van der Waals surface area contributed by atoms with Crippen LogP contribution in [0.2, 0.25) is 5.02 Å². The van der Waals surface area contributed by atoms with Crippen LogP contribution in [0.1, 0.15) is 5.56 Å². The molecule has 92 valence electrons. The van der Waals surface area contributed by atoms with Crippen LogP contribution >= 0.6 is 11.6 Å². The summed E-state index contributed by atoms with van der Waals surface area (Å²) in [6, 6.07) is 8.67. The maximum absolute atomic E-state index is 12.2. The number of hydrogen-bond donors (Lipinski definition) is 1. The summed E-state index contributed by atoms with van der Waals surface area (Å²) < 4.78 is 1.51. The Bertz CT molecular complexity index is 646. The van der Waals surface area contributed by atoms with Crippen molar-refractivity contribution in [3.63, 3.8) is 0 Å². The Balaban J connectivity index is 2.61. The number of nitrogens with zero attached hydrogens (tertiary/aromatic N) is 1. The fraction of sp³-hybridized carbons (Fsp3) is 0.0714. The second-order valence-corrected chi connectivity index (χ2v) is 4.32. The maximum atomic E-state index is 12.2. The van der Waals surface area contributed by atoms with Crippen molar-refractivity contribution < 1.29 is 0 Å². The molecule has 18 heavy (non-hydrogen) atoms. The third-order valence-corrected chi connectivity index (χ3v) is 2.92. The number of pyridine rings is 1. The van der Waals surface area contributed by atoms with Crippen LogP contribution in [-0.4, -0.2) is 4.57 Å². The standard InChI is InChI=1S/C14H13ClN2O/c1-2-4-10-5-3-8-17(14(10)18)13-7-6-11(16)9-12(13)15/h2-3,5-9H,1,4,16H2. The van der Waals surface area contributed by atoms with E-state index in [0.717, 1.165) is 0 Å². The lowest BCUT2D eigenvalue weighted by molar-refractivity contribution is 0.956. The first kappa shape index (κ1) is 12.5. The highest BCUT2D eigenvalue weighted by atomic mass is 35.5. The molecule has 3 nitrogen and oxygen atoms in total. The SMILES string of the molecule is C=CCc1cccn(-c2ccc(N)cc2Cl)c1=O. The molecule has 0 amide bonds. The van der Waals surface area contributed by atoms with E-state index in [0.29, 0.717) is 28.4 Å². The summed E-state index contributed by atoms with van der Waals surface area (Å²) in [4.78, 5) is 12.2. The van der Waals surface area contributed by atoms with Crippen LogP contribution in [0.4, 0.5) is 5.69 Å². The number of anilines is 1. The molecule has 2 aromatic rings. The van der Waals surface area contributed by atoms with Crippen LogP contribution in [0.3, 0.4) is 0 Å². The lowest BCUT2D eigenvalue weighted by atomic mass is 10.2. The zero-order valence-electron chi connectivity index (χ0n) is 9.77. The lowest BCUT2D eigenvalue weighted by Crippen LogP contribution is -2.21. The molecule has 0 fully saturated rings. The summed E-state index contributed by atoms with van der Waals surface area (Å²) in [5.41, 5.74) is 7.42. The normalized spacial score (nSPS) is 10.3. The van der Waals surface area contributed by atoms with Crippen molar-refractivity contribution in [2.75, 3.05) is 5.73 Å². The van der Waals surface area contributed by atoms with Gasteiger partial charge in [-0.05, 0) is 30.7 Å². The summed E-state index contributed by atoms with van der Waals surface area (Å²) >= 11 is 6.11. The van der Waals surface area contributed by atoms with Gasteiger partial charge in [-0.2, -0.15) is 0 Å². The lowest BCUT2D eigenvalue weighted by Gasteiger charge is -2.09. The third-order valence-electron chi connectivity index (χ3n) is 2.62. The number of rotatable bonds is 3. The summed E-state index contributed by atoms with van der Waals surface area (Å²) in [5, 5.41) is 0.452. The Hall–Kier alpha value is -2.00. The predicted octanol–water partition coefficient (Wildman–Crippen LogP) is 2.80. The zero-order chi connectivity index (χ0) is 13.1. The van der Waals surface area contributed by atoms with Gasteiger partial charge in [0, 0.05) is 17.4 Å². The average molecular weight is 261 g/mol. The van der Waals surface area contributed by atoms with Gasteiger partial charge in [0.2, 0.25) is 0 Å². The molecule has 0 saturated carbocycles. The molecule has 0 bridgehead atoms. The minimum Gasteiger partial charge on any atom is -0.399 e. The van der Waals surface area contributed by atoms with E-state index in [1.807, 2.05) is 6.07 Å². The number of benzene rings is 1. The molecule has 2 rings (SSSR count). The van der Waals surface area contributed by atoms with Gasteiger partial charge in [0.25, 0.3) is 5.56 Å². The Kier molecular flexibility index (Phi) is 3.53. The second-order valence-electron chi connectivity index (χ2n) is 3.91. The van der Waals surface area contributed by atoms with E-state index in [2.05, 4.69) is 6.58 Å². The summed E-state index contributed by atoms with van der Waals surface area (Å²) in [6.45, 7) is 3.64. The number of nitrogen functional groups attached to an aromatic ring is 1. The highest BCUT2D eigenvalue weighted by Crippen LogP contribution is 2.21. The van der Waals surface area contributed by atoms with E-state index in [4.69, 9.17) is 17.3 Å². The van der Waals surface area contributed by atoms with Crippen molar-refractivity contribution in [3.05, 3.63) is 70.1 Å². The van der Waals surface area contributed by atoms with Crippen LogP contribution < -0.4 is 11.3 Å². The molecular weight excluding hydrogens is 248 g/mol. The number of hydrogen-bond acceptors (Lipinski definition) is 2. The van der Waals surface area contributed by atoms with Crippen LogP contribution in [0.15, 0.2) is 54.0 Å². The van der Waals surface area contributed by atoms with Gasteiger partial charge >= 0.3 is 0 Å². The fourth-order valence-electron chi connectivity index (χ4n) is 1.76. The maximum Gasteiger partial charge on any atom is 0.258 e. The molecule has 0 aliphatic carbocycles. The third kappa shape index (κ3) is 2.31. The van der Waals surface area contributed by atoms with Crippen molar-refractivity contribution in [2.24, 2.45) is 0 Å². The van der Waals surface area contributed by atoms with Gasteiger partial charge in [-0.3, -0.25) is 9.36 Å². The van der Waals surface area contributed by atoms with Gasteiger partial charge < -0.3 is 5.73 Å². The topological polar surface area (TPSA) is 48.0 Å². The quantitative estimate of drug-likeness (QED) is 0.681. The fourth-order valence-corrected chi connectivity index (χ4v) is 2.04. The molecule has 0 aliphatic heterocycles. The molecule has 0 saturated heterocycles. The van der Waals surface area contributed by atoms with Crippen LogP contribution in [-0.2, 0) is 6.42 Å². The predicted molar refractivity (Wildman–Crippen MR) is 75.4 cm³/mol. The monoisotopic (exact) mass is 260 g/mol. The minimum atomic E-state index is -0.0935. The number of nitrogens with two attached hydrogens (primary N) is 1. The van der Waals surface area contributed by atoms with Gasteiger partial charge in [0.05, 0.1) is 10.7 Å². The number of halogens is 1. The first-order valence-electron chi connectivity index (χ1n) is 5.50. The molecule has 0 spiro atoms. The van der Waals surface area contributed by atoms with E-state index in [1.165, 1.54) is 4.57 Å².